The van der Waals surface area contributed by atoms with Crippen molar-refractivity contribution in [2.24, 2.45) is 0 Å². The van der Waals surface area contributed by atoms with E-state index in [9.17, 15) is 14.7 Å². The molecule has 1 unspecified atom stereocenters. The lowest BCUT2D eigenvalue weighted by molar-refractivity contribution is -0.140. The highest BCUT2D eigenvalue weighted by Crippen LogP contribution is 2.40. The van der Waals surface area contributed by atoms with Crippen molar-refractivity contribution < 1.29 is 23.8 Å². The summed E-state index contributed by atoms with van der Waals surface area (Å²) >= 11 is 0. The molecular formula is C27H27NO5. The molecule has 0 radical (unpaired) electrons. The lowest BCUT2D eigenvalue weighted by atomic mass is 9.95. The van der Waals surface area contributed by atoms with Crippen LogP contribution in [0.5, 0.6) is 5.75 Å². The number of ether oxygens (including phenoxy) is 1. The third-order valence-corrected chi connectivity index (χ3v) is 5.71. The van der Waals surface area contributed by atoms with Crippen LogP contribution >= 0.6 is 0 Å². The number of aliphatic hydroxyl groups excluding tert-OH is 1. The fraction of sp³-hybridized carbons (Fsp3) is 0.259. The Balaban J connectivity index is 1.67. The first-order valence-electron chi connectivity index (χ1n) is 11.2. The summed E-state index contributed by atoms with van der Waals surface area (Å²) in [7, 11) is 0. The summed E-state index contributed by atoms with van der Waals surface area (Å²) in [6.07, 6.45) is 4.73. The van der Waals surface area contributed by atoms with Gasteiger partial charge in [-0.15, -0.1) is 0 Å². The van der Waals surface area contributed by atoms with Gasteiger partial charge >= 0.3 is 0 Å². The van der Waals surface area contributed by atoms with Crippen LogP contribution < -0.4 is 4.74 Å². The lowest BCUT2D eigenvalue weighted by Crippen LogP contribution is -2.29. The monoisotopic (exact) mass is 445 g/mol. The molecule has 33 heavy (non-hydrogen) atoms. The van der Waals surface area contributed by atoms with Gasteiger partial charge in [0.05, 0.1) is 31.0 Å². The fourth-order valence-electron chi connectivity index (χ4n) is 4.00. The number of unbranched alkanes of at least 4 members (excludes halogenated alkanes) is 2. The highest BCUT2D eigenvalue weighted by molar-refractivity contribution is 6.46. The molecule has 6 nitrogen and oxygen atoms in total. The van der Waals surface area contributed by atoms with Crippen LogP contribution in [0.1, 0.15) is 49.1 Å². The van der Waals surface area contributed by atoms with Crippen LogP contribution in [0.2, 0.25) is 0 Å². The molecule has 170 valence electrons. The number of rotatable bonds is 9. The Hall–Kier alpha value is -3.80. The molecule has 0 saturated carbocycles. The molecule has 3 aromatic rings. The van der Waals surface area contributed by atoms with Crippen molar-refractivity contribution in [2.45, 2.75) is 38.8 Å². The van der Waals surface area contributed by atoms with Gasteiger partial charge in [-0.25, -0.2) is 0 Å². The van der Waals surface area contributed by atoms with Gasteiger partial charge in [0.15, 0.2) is 0 Å². The topological polar surface area (TPSA) is 80.0 Å². The van der Waals surface area contributed by atoms with Crippen molar-refractivity contribution in [3.8, 4) is 5.75 Å². The zero-order valence-corrected chi connectivity index (χ0v) is 18.6. The molecule has 1 aromatic heterocycles. The molecule has 0 aliphatic carbocycles. The van der Waals surface area contributed by atoms with E-state index in [2.05, 4.69) is 6.92 Å². The number of Topliss-reactive ketones (excluding diaryl/α,β-unsaturated/α-hetero) is 1. The van der Waals surface area contributed by atoms with Gasteiger partial charge in [0.25, 0.3) is 11.7 Å². The molecule has 1 atom stereocenters. The number of nitrogens with zero attached hydrogens (tertiary/aromatic N) is 1. The molecule has 0 spiro atoms. The summed E-state index contributed by atoms with van der Waals surface area (Å²) in [5.74, 6) is -0.338. The predicted octanol–water partition coefficient (Wildman–Crippen LogP) is 5.47. The number of hydrogen-bond acceptors (Lipinski definition) is 5. The zero-order chi connectivity index (χ0) is 23.2. The molecule has 2 heterocycles. The Labute approximate surface area is 193 Å². The number of amides is 1. The van der Waals surface area contributed by atoms with Gasteiger partial charge in [-0.1, -0.05) is 50.1 Å². The number of aliphatic hydroxyl groups is 1. The van der Waals surface area contributed by atoms with Gasteiger partial charge in [-0.3, -0.25) is 9.59 Å². The van der Waals surface area contributed by atoms with E-state index in [1.807, 2.05) is 30.3 Å². The minimum absolute atomic E-state index is 0.0642. The molecular weight excluding hydrogens is 418 g/mol. The Morgan fingerprint density at radius 3 is 2.42 bits per heavy atom. The van der Waals surface area contributed by atoms with E-state index in [4.69, 9.17) is 9.15 Å². The van der Waals surface area contributed by atoms with E-state index >= 15 is 0 Å². The first-order chi connectivity index (χ1) is 16.1. The minimum Gasteiger partial charge on any atom is -0.507 e. The van der Waals surface area contributed by atoms with Crippen molar-refractivity contribution in [2.75, 3.05) is 6.61 Å². The third kappa shape index (κ3) is 4.85. The molecule has 1 aliphatic rings. The Morgan fingerprint density at radius 2 is 1.76 bits per heavy atom. The Bertz CT molecular complexity index is 1120. The largest absolute Gasteiger partial charge is 0.507 e. The van der Waals surface area contributed by atoms with Crippen LogP contribution in [0.15, 0.2) is 83.0 Å². The van der Waals surface area contributed by atoms with Gasteiger partial charge in [0.2, 0.25) is 0 Å². The van der Waals surface area contributed by atoms with Gasteiger partial charge in [0.1, 0.15) is 17.3 Å². The molecule has 2 aromatic carbocycles. The second-order valence-corrected chi connectivity index (χ2v) is 8.00. The van der Waals surface area contributed by atoms with Crippen LogP contribution in [0.4, 0.5) is 0 Å². The minimum atomic E-state index is -0.721. The maximum atomic E-state index is 13.0. The summed E-state index contributed by atoms with van der Waals surface area (Å²) in [6, 6.07) is 18.9. The van der Waals surface area contributed by atoms with Crippen molar-refractivity contribution in [1.82, 2.24) is 4.90 Å². The third-order valence-electron chi connectivity index (χ3n) is 5.71. The predicted molar refractivity (Wildman–Crippen MR) is 124 cm³/mol. The highest BCUT2D eigenvalue weighted by atomic mass is 16.5. The van der Waals surface area contributed by atoms with Crippen LogP contribution in [0, 0.1) is 0 Å². The maximum absolute atomic E-state index is 13.0. The lowest BCUT2D eigenvalue weighted by Gasteiger charge is -2.24. The number of carbonyl (C=O) groups excluding carboxylic acids is 2. The first-order valence-corrected chi connectivity index (χ1v) is 11.2. The van der Waals surface area contributed by atoms with E-state index in [0.29, 0.717) is 23.7 Å². The number of likely N-dealkylation sites (tertiary alicyclic amines) is 1. The second kappa shape index (κ2) is 10.2. The molecule has 1 saturated heterocycles. The standard InChI is InChI=1S/C27H27NO5/c1-2-3-7-16-32-21-14-12-20(13-15-21)25(29)23-24(19-9-5-4-6-10-19)28(27(31)26(23)30)18-22-11-8-17-33-22/h4-6,8-15,17,24,29H,2-3,7,16,18H2,1H3/b25-23-. The quantitative estimate of drug-likeness (QED) is 0.204. The molecule has 4 rings (SSSR count). The van der Waals surface area contributed by atoms with Gasteiger partial charge < -0.3 is 19.2 Å². The average molecular weight is 446 g/mol. The van der Waals surface area contributed by atoms with E-state index in [1.54, 1.807) is 36.4 Å². The number of carbonyl (C=O) groups is 2. The first kappa shape index (κ1) is 22.4. The second-order valence-electron chi connectivity index (χ2n) is 8.00. The van der Waals surface area contributed by atoms with Gasteiger partial charge in [-0.2, -0.15) is 0 Å². The maximum Gasteiger partial charge on any atom is 0.296 e. The SMILES string of the molecule is CCCCCOc1ccc(/C(O)=C2/C(=O)C(=O)N(Cc3ccco3)C2c2ccccc2)cc1. The smallest absolute Gasteiger partial charge is 0.296 e. The van der Waals surface area contributed by atoms with Crippen molar-refractivity contribution in [3.63, 3.8) is 0 Å². The summed E-state index contributed by atoms with van der Waals surface area (Å²) in [6.45, 7) is 2.89. The van der Waals surface area contributed by atoms with E-state index in [1.165, 1.54) is 11.2 Å². The molecule has 1 fully saturated rings. The van der Waals surface area contributed by atoms with Gasteiger partial charge in [0, 0.05) is 5.56 Å². The number of benzene rings is 2. The van der Waals surface area contributed by atoms with Gasteiger partial charge in [-0.05, 0) is 48.4 Å². The van der Waals surface area contributed by atoms with Crippen LogP contribution in [-0.2, 0) is 16.1 Å². The summed E-state index contributed by atoms with van der Waals surface area (Å²) in [5, 5.41) is 11.1. The van der Waals surface area contributed by atoms with Crippen LogP contribution in [0.25, 0.3) is 5.76 Å². The normalized spacial score (nSPS) is 17.5. The summed E-state index contributed by atoms with van der Waals surface area (Å²) < 4.78 is 11.1. The summed E-state index contributed by atoms with van der Waals surface area (Å²) in [5.41, 5.74) is 1.25. The van der Waals surface area contributed by atoms with Crippen molar-refractivity contribution in [3.05, 3.63) is 95.5 Å². The molecule has 1 aliphatic heterocycles. The van der Waals surface area contributed by atoms with Crippen molar-refractivity contribution in [1.29, 1.82) is 0 Å². The zero-order valence-electron chi connectivity index (χ0n) is 18.6. The van der Waals surface area contributed by atoms with E-state index < -0.39 is 17.7 Å². The number of furan rings is 1. The van der Waals surface area contributed by atoms with Crippen molar-refractivity contribution >= 4 is 17.4 Å². The Kier molecular flexibility index (Phi) is 6.93. The number of ketones is 1. The average Bonchev–Trinajstić information content (AvgIpc) is 3.45. The Morgan fingerprint density at radius 1 is 1.00 bits per heavy atom. The molecule has 0 bridgehead atoms. The molecule has 6 heteroatoms. The molecule has 1 N–H and O–H groups in total. The van der Waals surface area contributed by atoms with E-state index in [-0.39, 0.29) is 17.9 Å². The van der Waals surface area contributed by atoms with Crippen LogP contribution in [0.3, 0.4) is 0 Å². The van der Waals surface area contributed by atoms with Crippen LogP contribution in [-0.4, -0.2) is 28.3 Å². The van der Waals surface area contributed by atoms with E-state index in [0.717, 1.165) is 24.8 Å². The highest BCUT2D eigenvalue weighted by Gasteiger charge is 2.46. The fourth-order valence-corrected chi connectivity index (χ4v) is 4.00. The molecule has 1 amide bonds. The summed E-state index contributed by atoms with van der Waals surface area (Å²) in [4.78, 5) is 27.4. The number of hydrogen-bond donors (Lipinski definition) is 1.